The number of furan rings is 1. The zero-order valence-electron chi connectivity index (χ0n) is 18.1. The predicted octanol–water partition coefficient (Wildman–Crippen LogP) is 3.77. The third-order valence-corrected chi connectivity index (χ3v) is 4.63. The number of ether oxygens (including phenoxy) is 1. The third kappa shape index (κ3) is 5.68. The van der Waals surface area contributed by atoms with Crippen LogP contribution < -0.4 is 5.32 Å². The van der Waals surface area contributed by atoms with Crippen LogP contribution in [0.2, 0.25) is 0 Å². The maximum absolute atomic E-state index is 13.0. The highest BCUT2D eigenvalue weighted by atomic mass is 19.1. The van der Waals surface area contributed by atoms with Gasteiger partial charge in [0.05, 0.1) is 0 Å². The van der Waals surface area contributed by atoms with E-state index in [1.165, 1.54) is 29.2 Å². The second-order valence-electron chi connectivity index (χ2n) is 8.00. The first kappa shape index (κ1) is 23.1. The Morgan fingerprint density at radius 2 is 1.67 bits per heavy atom. The van der Waals surface area contributed by atoms with Crippen LogP contribution in [0.25, 0.3) is 0 Å². The van der Waals surface area contributed by atoms with E-state index in [-0.39, 0.29) is 6.54 Å². The summed E-state index contributed by atoms with van der Waals surface area (Å²) in [6, 6.07) is 5.30. The average Bonchev–Trinajstić information content (AvgIpc) is 2.90. The molecule has 0 atom stereocenters. The van der Waals surface area contributed by atoms with Crippen molar-refractivity contribution < 1.29 is 27.9 Å². The number of anilines is 1. The van der Waals surface area contributed by atoms with Crippen LogP contribution in [0, 0.1) is 26.6 Å². The molecule has 1 aromatic carbocycles. The summed E-state index contributed by atoms with van der Waals surface area (Å²) in [7, 11) is 0. The monoisotopic (exact) mass is 418 g/mol. The highest BCUT2D eigenvalue weighted by Crippen LogP contribution is 2.22. The molecule has 8 heteroatoms. The molecule has 0 fully saturated rings. The fourth-order valence-electron chi connectivity index (χ4n) is 2.95. The van der Waals surface area contributed by atoms with Gasteiger partial charge < -0.3 is 19.4 Å². The molecule has 30 heavy (non-hydrogen) atoms. The summed E-state index contributed by atoms with van der Waals surface area (Å²) in [6.45, 7) is 9.68. The van der Waals surface area contributed by atoms with Crippen molar-refractivity contribution in [1.29, 1.82) is 0 Å². The molecule has 0 radical (unpaired) electrons. The van der Waals surface area contributed by atoms with Gasteiger partial charge in [-0.05, 0) is 65.8 Å². The molecule has 0 unspecified atom stereocenters. The lowest BCUT2D eigenvalue weighted by atomic mass is 10.1. The molecule has 1 heterocycles. The molecule has 2 amide bonds. The van der Waals surface area contributed by atoms with Crippen LogP contribution in [-0.4, -0.2) is 41.4 Å². The number of amides is 2. The highest BCUT2D eigenvalue weighted by Gasteiger charge is 2.30. The Bertz CT molecular complexity index is 942. The number of hydrogen-bond acceptors (Lipinski definition) is 5. The number of rotatable bonds is 6. The Hall–Kier alpha value is -3.16. The molecule has 7 nitrogen and oxygen atoms in total. The number of aryl methyl sites for hydroxylation is 2. The van der Waals surface area contributed by atoms with Crippen molar-refractivity contribution in [2.45, 2.75) is 47.1 Å². The summed E-state index contributed by atoms with van der Waals surface area (Å²) in [6.07, 6.45) is 0. The van der Waals surface area contributed by atoms with Crippen molar-refractivity contribution in [3.05, 3.63) is 52.7 Å². The average molecular weight is 418 g/mol. The van der Waals surface area contributed by atoms with Gasteiger partial charge >= 0.3 is 5.97 Å². The van der Waals surface area contributed by atoms with Crippen LogP contribution in [0.3, 0.4) is 0 Å². The fourth-order valence-corrected chi connectivity index (χ4v) is 2.95. The quantitative estimate of drug-likeness (QED) is 0.722. The lowest BCUT2D eigenvalue weighted by Crippen LogP contribution is -2.50. The van der Waals surface area contributed by atoms with Gasteiger partial charge in [-0.2, -0.15) is 0 Å². The van der Waals surface area contributed by atoms with Gasteiger partial charge in [0.15, 0.2) is 6.61 Å². The van der Waals surface area contributed by atoms with Crippen molar-refractivity contribution >= 4 is 23.5 Å². The zero-order valence-corrected chi connectivity index (χ0v) is 18.1. The van der Waals surface area contributed by atoms with Crippen molar-refractivity contribution in [2.24, 2.45) is 0 Å². The van der Waals surface area contributed by atoms with Gasteiger partial charge in [-0.1, -0.05) is 0 Å². The molecule has 0 aliphatic carbocycles. The predicted molar refractivity (Wildman–Crippen MR) is 110 cm³/mol. The van der Waals surface area contributed by atoms with E-state index in [0.717, 1.165) is 0 Å². The topological polar surface area (TPSA) is 88.8 Å². The molecule has 0 spiro atoms. The van der Waals surface area contributed by atoms with Crippen LogP contribution in [0.5, 0.6) is 0 Å². The summed E-state index contributed by atoms with van der Waals surface area (Å²) >= 11 is 0. The first-order chi connectivity index (χ1) is 13.9. The van der Waals surface area contributed by atoms with Crippen molar-refractivity contribution in [3.8, 4) is 0 Å². The summed E-state index contributed by atoms with van der Waals surface area (Å²) in [4.78, 5) is 38.8. The minimum Gasteiger partial charge on any atom is -0.465 e. The van der Waals surface area contributed by atoms with Crippen LogP contribution in [0.1, 0.15) is 48.2 Å². The Morgan fingerprint density at radius 3 is 2.17 bits per heavy atom. The van der Waals surface area contributed by atoms with E-state index >= 15 is 0 Å². The Kier molecular flexibility index (Phi) is 7.02. The number of benzene rings is 1. The molecule has 1 N–H and O–H groups in total. The standard InChI is InChI=1S/C22H27FN2O5/c1-13-14(2)30-15(3)20(13)21(28)29-12-19(27)25(22(4,5)6)11-18(26)24-17-9-7-16(23)8-10-17/h7-10H,11-12H2,1-6H3,(H,24,26). The lowest BCUT2D eigenvalue weighted by Gasteiger charge is -2.35. The summed E-state index contributed by atoms with van der Waals surface area (Å²) in [5.74, 6) is -0.998. The molecule has 2 aromatic rings. The van der Waals surface area contributed by atoms with E-state index in [1.54, 1.807) is 41.5 Å². The SMILES string of the molecule is Cc1oc(C)c(C(=O)OCC(=O)N(CC(=O)Nc2ccc(F)cc2)C(C)(C)C)c1C. The number of nitrogens with one attached hydrogen (secondary N) is 1. The number of esters is 1. The molecule has 0 aliphatic rings. The minimum atomic E-state index is -0.693. The maximum atomic E-state index is 13.0. The minimum absolute atomic E-state index is 0.250. The molecule has 162 valence electrons. The molecule has 2 rings (SSSR count). The van der Waals surface area contributed by atoms with Gasteiger partial charge in [-0.15, -0.1) is 0 Å². The number of halogens is 1. The van der Waals surface area contributed by atoms with E-state index in [9.17, 15) is 18.8 Å². The van der Waals surface area contributed by atoms with Crippen LogP contribution in [0.4, 0.5) is 10.1 Å². The molecular formula is C22H27FN2O5. The molecule has 0 bridgehead atoms. The van der Waals surface area contributed by atoms with Gasteiger partial charge in [0.25, 0.3) is 5.91 Å². The van der Waals surface area contributed by atoms with Gasteiger partial charge in [0.1, 0.15) is 29.4 Å². The van der Waals surface area contributed by atoms with E-state index in [4.69, 9.17) is 9.15 Å². The largest absolute Gasteiger partial charge is 0.465 e. The van der Waals surface area contributed by atoms with E-state index in [0.29, 0.717) is 28.3 Å². The smallest absolute Gasteiger partial charge is 0.342 e. The van der Waals surface area contributed by atoms with Crippen molar-refractivity contribution in [2.75, 3.05) is 18.5 Å². The number of nitrogens with zero attached hydrogens (tertiary/aromatic N) is 1. The maximum Gasteiger partial charge on any atom is 0.342 e. The van der Waals surface area contributed by atoms with E-state index in [2.05, 4.69) is 5.32 Å². The molecule has 0 saturated heterocycles. The van der Waals surface area contributed by atoms with Gasteiger partial charge in [0.2, 0.25) is 5.91 Å². The van der Waals surface area contributed by atoms with Crippen molar-refractivity contribution in [1.82, 2.24) is 4.90 Å². The first-order valence-corrected chi connectivity index (χ1v) is 9.49. The van der Waals surface area contributed by atoms with Gasteiger partial charge in [-0.3, -0.25) is 9.59 Å². The number of carbonyl (C=O) groups excluding carboxylic acids is 3. The Balaban J connectivity index is 2.03. The molecule has 1 aromatic heterocycles. The summed E-state index contributed by atoms with van der Waals surface area (Å²) < 4.78 is 23.6. The number of hydrogen-bond donors (Lipinski definition) is 1. The summed E-state index contributed by atoms with van der Waals surface area (Å²) in [5, 5.41) is 2.62. The Morgan fingerprint density at radius 1 is 1.07 bits per heavy atom. The van der Waals surface area contributed by atoms with Gasteiger partial charge in [0, 0.05) is 16.8 Å². The lowest BCUT2D eigenvalue weighted by molar-refractivity contribution is -0.142. The Labute approximate surface area is 175 Å². The normalized spacial score (nSPS) is 11.2. The van der Waals surface area contributed by atoms with E-state index < -0.39 is 35.7 Å². The van der Waals surface area contributed by atoms with Crippen LogP contribution in [0.15, 0.2) is 28.7 Å². The summed E-state index contributed by atoms with van der Waals surface area (Å²) in [5.41, 5.74) is 0.685. The second kappa shape index (κ2) is 9.11. The third-order valence-electron chi connectivity index (χ3n) is 4.63. The highest BCUT2D eigenvalue weighted by molar-refractivity contribution is 5.96. The molecular weight excluding hydrogens is 391 g/mol. The fraction of sp³-hybridized carbons (Fsp3) is 0.409. The number of carbonyl (C=O) groups is 3. The van der Waals surface area contributed by atoms with Crippen LogP contribution in [-0.2, 0) is 14.3 Å². The van der Waals surface area contributed by atoms with Crippen molar-refractivity contribution in [3.63, 3.8) is 0 Å². The second-order valence-corrected chi connectivity index (χ2v) is 8.00. The zero-order chi connectivity index (χ0) is 22.6. The first-order valence-electron chi connectivity index (χ1n) is 9.49. The molecule has 0 aliphatic heterocycles. The van der Waals surface area contributed by atoms with Crippen LogP contribution >= 0.6 is 0 Å². The molecule has 0 saturated carbocycles. The van der Waals surface area contributed by atoms with Gasteiger partial charge in [-0.25, -0.2) is 9.18 Å². The van der Waals surface area contributed by atoms with E-state index in [1.807, 2.05) is 0 Å².